The third kappa shape index (κ3) is 3.51. The van der Waals surface area contributed by atoms with Gasteiger partial charge < -0.3 is 25.4 Å². The van der Waals surface area contributed by atoms with E-state index in [1.807, 2.05) is 0 Å². The molecular formula is C10H17N3O5. The first-order valence-electron chi connectivity index (χ1n) is 5.44. The molecule has 0 spiro atoms. The maximum absolute atomic E-state index is 11.5. The van der Waals surface area contributed by atoms with Crippen molar-refractivity contribution in [2.75, 3.05) is 27.3 Å². The molecule has 3 N–H and O–H groups in total. The van der Waals surface area contributed by atoms with Crippen molar-refractivity contribution in [3.8, 4) is 0 Å². The number of ether oxygens (including phenoxy) is 2. The lowest BCUT2D eigenvalue weighted by atomic mass is 9.94. The van der Waals surface area contributed by atoms with Gasteiger partial charge in [-0.25, -0.2) is 9.59 Å². The number of hydrogen-bond donors (Lipinski definition) is 2. The van der Waals surface area contributed by atoms with E-state index in [-0.39, 0.29) is 19.1 Å². The summed E-state index contributed by atoms with van der Waals surface area (Å²) in [5, 5.41) is 2.54. The van der Waals surface area contributed by atoms with Crippen LogP contribution in [0.3, 0.4) is 0 Å². The summed E-state index contributed by atoms with van der Waals surface area (Å²) in [7, 11) is 2.51. The van der Waals surface area contributed by atoms with Crippen LogP contribution in [0.15, 0.2) is 0 Å². The van der Waals surface area contributed by atoms with Gasteiger partial charge in [-0.2, -0.15) is 0 Å². The Balaban J connectivity index is 2.71. The number of nitrogens with one attached hydrogen (secondary N) is 1. The number of esters is 1. The highest BCUT2D eigenvalue weighted by Crippen LogP contribution is 2.18. The van der Waals surface area contributed by atoms with Crippen LogP contribution >= 0.6 is 0 Å². The van der Waals surface area contributed by atoms with Crippen LogP contribution in [0.25, 0.3) is 0 Å². The number of hydrogen-bond acceptors (Lipinski definition) is 5. The van der Waals surface area contributed by atoms with Crippen molar-refractivity contribution in [2.24, 2.45) is 11.7 Å². The van der Waals surface area contributed by atoms with Crippen molar-refractivity contribution in [1.29, 1.82) is 0 Å². The number of alkyl carbamates (subject to hydrolysis) is 1. The summed E-state index contributed by atoms with van der Waals surface area (Å²) in [5.41, 5.74) is 5.19. The van der Waals surface area contributed by atoms with Crippen molar-refractivity contribution in [2.45, 2.75) is 12.5 Å². The van der Waals surface area contributed by atoms with Gasteiger partial charge in [-0.05, 0) is 6.42 Å². The maximum Gasteiger partial charge on any atom is 0.407 e. The van der Waals surface area contributed by atoms with E-state index in [9.17, 15) is 14.4 Å². The molecule has 0 aromatic carbocycles. The molecule has 1 saturated heterocycles. The van der Waals surface area contributed by atoms with Crippen molar-refractivity contribution in [3.63, 3.8) is 0 Å². The van der Waals surface area contributed by atoms with E-state index >= 15 is 0 Å². The molecule has 2 unspecified atom stereocenters. The second kappa shape index (κ2) is 6.08. The molecule has 0 radical (unpaired) electrons. The average Bonchev–Trinajstić information content (AvgIpc) is 2.37. The first kappa shape index (κ1) is 14.1. The van der Waals surface area contributed by atoms with E-state index in [0.717, 1.165) is 0 Å². The van der Waals surface area contributed by atoms with Crippen LogP contribution in [0, 0.1) is 5.92 Å². The number of likely N-dealkylation sites (tertiary alicyclic amines) is 1. The summed E-state index contributed by atoms with van der Waals surface area (Å²) in [6.45, 7) is 0.444. The molecule has 1 fully saturated rings. The average molecular weight is 259 g/mol. The highest BCUT2D eigenvalue weighted by Gasteiger charge is 2.34. The lowest BCUT2D eigenvalue weighted by molar-refractivity contribution is -0.147. The predicted molar refractivity (Wildman–Crippen MR) is 60.6 cm³/mol. The van der Waals surface area contributed by atoms with Crippen LogP contribution in [0.5, 0.6) is 0 Å². The summed E-state index contributed by atoms with van der Waals surface area (Å²) in [4.78, 5) is 35.1. The van der Waals surface area contributed by atoms with Crippen molar-refractivity contribution in [3.05, 3.63) is 0 Å². The Labute approximate surface area is 104 Å². The van der Waals surface area contributed by atoms with Gasteiger partial charge in [-0.1, -0.05) is 0 Å². The Hall–Kier alpha value is -1.99. The van der Waals surface area contributed by atoms with Crippen LogP contribution < -0.4 is 11.1 Å². The number of nitrogens with zero attached hydrogens (tertiary/aromatic N) is 1. The fourth-order valence-electron chi connectivity index (χ4n) is 1.95. The number of nitrogens with two attached hydrogens (primary N) is 1. The molecule has 0 aromatic rings. The van der Waals surface area contributed by atoms with E-state index in [4.69, 9.17) is 5.73 Å². The van der Waals surface area contributed by atoms with E-state index < -0.39 is 24.0 Å². The summed E-state index contributed by atoms with van der Waals surface area (Å²) in [6, 6.07) is -1.02. The summed E-state index contributed by atoms with van der Waals surface area (Å²) in [6.07, 6.45) is -0.235. The molecule has 102 valence electrons. The van der Waals surface area contributed by atoms with Crippen LogP contribution in [-0.4, -0.2) is 56.3 Å². The highest BCUT2D eigenvalue weighted by molar-refractivity contribution is 5.76. The minimum Gasteiger partial charge on any atom is -0.469 e. The molecule has 0 aliphatic carbocycles. The molecule has 1 aliphatic rings. The monoisotopic (exact) mass is 259 g/mol. The molecule has 3 amide bonds. The summed E-state index contributed by atoms with van der Waals surface area (Å²) < 4.78 is 9.11. The smallest absolute Gasteiger partial charge is 0.407 e. The van der Waals surface area contributed by atoms with Gasteiger partial charge in [0, 0.05) is 13.1 Å². The number of amides is 3. The molecule has 18 heavy (non-hydrogen) atoms. The maximum atomic E-state index is 11.5. The minimum absolute atomic E-state index is 0.196. The normalized spacial score (nSPS) is 23.1. The number of rotatable bonds is 2. The Bertz CT molecular complexity index is 346. The minimum atomic E-state index is -0.639. The molecular weight excluding hydrogens is 242 g/mol. The van der Waals surface area contributed by atoms with Crippen LogP contribution in [0.1, 0.15) is 6.42 Å². The third-order valence-electron chi connectivity index (χ3n) is 2.80. The Kier molecular flexibility index (Phi) is 4.75. The van der Waals surface area contributed by atoms with Gasteiger partial charge in [0.2, 0.25) is 0 Å². The lowest BCUT2D eigenvalue weighted by Crippen LogP contribution is -2.55. The van der Waals surface area contributed by atoms with Crippen molar-refractivity contribution in [1.82, 2.24) is 10.2 Å². The number of primary amides is 1. The largest absolute Gasteiger partial charge is 0.469 e. The van der Waals surface area contributed by atoms with Gasteiger partial charge in [0.15, 0.2) is 0 Å². The Morgan fingerprint density at radius 3 is 2.39 bits per heavy atom. The fraction of sp³-hybridized carbons (Fsp3) is 0.700. The zero-order chi connectivity index (χ0) is 13.7. The molecule has 2 atom stereocenters. The van der Waals surface area contributed by atoms with Gasteiger partial charge in [-0.15, -0.1) is 0 Å². The van der Waals surface area contributed by atoms with Gasteiger partial charge in [0.25, 0.3) is 0 Å². The quantitative estimate of drug-likeness (QED) is 0.636. The molecule has 1 heterocycles. The van der Waals surface area contributed by atoms with Gasteiger partial charge in [0.05, 0.1) is 26.2 Å². The van der Waals surface area contributed by atoms with E-state index in [1.54, 1.807) is 0 Å². The van der Waals surface area contributed by atoms with E-state index in [0.29, 0.717) is 6.42 Å². The van der Waals surface area contributed by atoms with Gasteiger partial charge in [-0.3, -0.25) is 4.79 Å². The van der Waals surface area contributed by atoms with Crippen molar-refractivity contribution < 1.29 is 23.9 Å². The van der Waals surface area contributed by atoms with Crippen LogP contribution in [0.4, 0.5) is 9.59 Å². The van der Waals surface area contributed by atoms with Gasteiger partial charge in [0.1, 0.15) is 0 Å². The van der Waals surface area contributed by atoms with Crippen molar-refractivity contribution >= 4 is 18.1 Å². The summed E-state index contributed by atoms with van der Waals surface area (Å²) in [5.74, 6) is -0.934. The topological polar surface area (TPSA) is 111 Å². The Morgan fingerprint density at radius 2 is 1.89 bits per heavy atom. The number of methoxy groups -OCH3 is 2. The fourth-order valence-corrected chi connectivity index (χ4v) is 1.95. The van der Waals surface area contributed by atoms with Crippen LogP contribution in [-0.2, 0) is 14.3 Å². The number of piperidine rings is 1. The molecule has 0 aromatic heterocycles. The molecule has 0 saturated carbocycles. The second-order valence-corrected chi connectivity index (χ2v) is 4.03. The highest BCUT2D eigenvalue weighted by atomic mass is 16.5. The zero-order valence-corrected chi connectivity index (χ0v) is 10.3. The second-order valence-electron chi connectivity index (χ2n) is 4.03. The van der Waals surface area contributed by atoms with Gasteiger partial charge >= 0.3 is 18.1 Å². The molecule has 0 bridgehead atoms. The number of carbonyl (C=O) groups is 3. The third-order valence-corrected chi connectivity index (χ3v) is 2.80. The zero-order valence-electron chi connectivity index (χ0n) is 10.3. The van der Waals surface area contributed by atoms with E-state index in [1.165, 1.54) is 19.1 Å². The summed E-state index contributed by atoms with van der Waals surface area (Å²) >= 11 is 0. The first-order valence-corrected chi connectivity index (χ1v) is 5.44. The molecule has 1 aliphatic heterocycles. The molecule has 8 nitrogen and oxygen atoms in total. The van der Waals surface area contributed by atoms with E-state index in [2.05, 4.69) is 14.8 Å². The SMILES string of the molecule is COC(=O)NC1CC(C(=O)OC)CN(C(N)=O)C1. The predicted octanol–water partition coefficient (Wildman–Crippen LogP) is -0.715. The molecule has 8 heteroatoms. The first-order chi connectivity index (χ1) is 8.47. The standard InChI is InChI=1S/C10H17N3O5/c1-17-8(14)6-3-7(12-10(16)18-2)5-13(4-6)9(11)15/h6-7H,3-5H2,1-2H3,(H2,11,15)(H,12,16). The Morgan fingerprint density at radius 1 is 1.22 bits per heavy atom. The number of urea groups is 1. The van der Waals surface area contributed by atoms with Crippen LogP contribution in [0.2, 0.25) is 0 Å². The number of carbonyl (C=O) groups excluding carboxylic acids is 3. The molecule has 1 rings (SSSR count). The lowest BCUT2D eigenvalue weighted by Gasteiger charge is -2.35.